The van der Waals surface area contributed by atoms with Crippen molar-refractivity contribution in [1.82, 2.24) is 4.98 Å². The maximum absolute atomic E-state index is 5.59. The Kier molecular flexibility index (Phi) is 3.24. The predicted molar refractivity (Wildman–Crippen MR) is 74.3 cm³/mol. The Balaban J connectivity index is 2.76. The van der Waals surface area contributed by atoms with Crippen LogP contribution in [0, 0.1) is 6.92 Å². The first-order chi connectivity index (χ1) is 8.49. The molecule has 1 aromatic heterocycles. The molecule has 0 aliphatic carbocycles. The van der Waals surface area contributed by atoms with Crippen molar-refractivity contribution < 1.29 is 4.74 Å². The van der Waals surface area contributed by atoms with Gasteiger partial charge < -0.3 is 10.2 Å². The molecule has 0 saturated carbocycles. The van der Waals surface area contributed by atoms with Gasteiger partial charge in [-0.15, -0.1) is 0 Å². The summed E-state index contributed by atoms with van der Waals surface area (Å²) in [5.74, 6) is 5.59. The second-order valence-corrected chi connectivity index (χ2v) is 4.89. The van der Waals surface area contributed by atoms with E-state index in [0.717, 1.165) is 27.8 Å². The van der Waals surface area contributed by atoms with Crippen molar-refractivity contribution in [2.75, 3.05) is 12.5 Å². The molecule has 1 aromatic carbocycles. The Morgan fingerprint density at radius 1 is 1.33 bits per heavy atom. The van der Waals surface area contributed by atoms with Crippen molar-refractivity contribution >= 4 is 16.6 Å². The molecule has 96 valence electrons. The smallest absolute Gasteiger partial charge is 0.106 e. The third-order valence-corrected chi connectivity index (χ3v) is 3.28. The summed E-state index contributed by atoms with van der Waals surface area (Å²) in [5, 5.41) is 1.07. The Labute approximate surface area is 107 Å². The van der Waals surface area contributed by atoms with E-state index in [-0.39, 0.29) is 0 Å². The van der Waals surface area contributed by atoms with Gasteiger partial charge in [-0.3, -0.25) is 5.84 Å². The normalized spacial score (nSPS) is 11.8. The van der Waals surface area contributed by atoms with Gasteiger partial charge in [-0.25, -0.2) is 4.98 Å². The highest BCUT2D eigenvalue weighted by atomic mass is 16.5. The minimum absolute atomic E-state index is 0.488. The van der Waals surface area contributed by atoms with E-state index in [2.05, 4.69) is 18.4 Å². The van der Waals surface area contributed by atoms with Gasteiger partial charge in [0.2, 0.25) is 0 Å². The number of hydrogen-bond acceptors (Lipinski definition) is 4. The first-order valence-electron chi connectivity index (χ1n) is 5.92. The van der Waals surface area contributed by atoms with Gasteiger partial charge in [-0.05, 0) is 32.4 Å². The average Bonchev–Trinajstić information content (AvgIpc) is 2.37. The summed E-state index contributed by atoms with van der Waals surface area (Å²) >= 11 is 0. The molecule has 2 aromatic rings. The molecule has 0 aliphatic heterocycles. The molecule has 0 spiro atoms. The topological polar surface area (TPSA) is 60.2 Å². The summed E-state index contributed by atoms with van der Waals surface area (Å²) in [6.07, 6.45) is 0. The number of benzene rings is 1. The van der Waals surface area contributed by atoms with Crippen molar-refractivity contribution in [2.45, 2.75) is 26.4 Å². The van der Waals surface area contributed by atoms with Gasteiger partial charge in [0.1, 0.15) is 5.60 Å². The highest BCUT2D eigenvalue weighted by Gasteiger charge is 2.25. The highest BCUT2D eigenvalue weighted by molar-refractivity contribution is 5.85. The summed E-state index contributed by atoms with van der Waals surface area (Å²) in [5.41, 5.74) is 5.95. The Hall–Kier alpha value is -1.65. The maximum Gasteiger partial charge on any atom is 0.106 e. The molecule has 0 amide bonds. The molecule has 2 rings (SSSR count). The number of ether oxygens (including phenoxy) is 1. The SMILES string of the molecule is COC(C)(C)c1nc2c(C)cccc2cc1NN. The number of aromatic nitrogens is 1. The standard InChI is InChI=1S/C14H19N3O/c1-9-6-5-7-10-8-11(17-15)13(16-12(9)10)14(2,3)18-4/h5-8,17H,15H2,1-4H3. The van der Waals surface area contributed by atoms with Crippen LogP contribution in [0.4, 0.5) is 5.69 Å². The average molecular weight is 245 g/mol. The number of nitrogen functional groups attached to an aromatic ring is 1. The van der Waals surface area contributed by atoms with E-state index in [1.165, 1.54) is 0 Å². The molecule has 0 bridgehead atoms. The van der Waals surface area contributed by atoms with Crippen molar-refractivity contribution in [2.24, 2.45) is 5.84 Å². The second-order valence-electron chi connectivity index (χ2n) is 4.89. The fourth-order valence-corrected chi connectivity index (χ4v) is 2.01. The quantitative estimate of drug-likeness (QED) is 0.644. The van der Waals surface area contributed by atoms with E-state index < -0.39 is 5.60 Å². The van der Waals surface area contributed by atoms with Gasteiger partial charge in [0.15, 0.2) is 0 Å². The van der Waals surface area contributed by atoms with Crippen molar-refractivity contribution in [3.63, 3.8) is 0 Å². The van der Waals surface area contributed by atoms with Crippen LogP contribution in [0.5, 0.6) is 0 Å². The second kappa shape index (κ2) is 4.55. The zero-order valence-corrected chi connectivity index (χ0v) is 11.2. The lowest BCUT2D eigenvalue weighted by Crippen LogP contribution is -2.24. The fraction of sp³-hybridized carbons (Fsp3) is 0.357. The van der Waals surface area contributed by atoms with Gasteiger partial charge in [-0.1, -0.05) is 18.2 Å². The first-order valence-corrected chi connectivity index (χ1v) is 5.92. The monoisotopic (exact) mass is 245 g/mol. The zero-order valence-electron chi connectivity index (χ0n) is 11.2. The largest absolute Gasteiger partial charge is 0.372 e. The zero-order chi connectivity index (χ0) is 13.3. The van der Waals surface area contributed by atoms with Crippen LogP contribution in [-0.4, -0.2) is 12.1 Å². The van der Waals surface area contributed by atoms with Crippen LogP contribution in [-0.2, 0) is 10.3 Å². The van der Waals surface area contributed by atoms with Crippen LogP contribution in [0.1, 0.15) is 25.1 Å². The van der Waals surface area contributed by atoms with E-state index >= 15 is 0 Å². The third-order valence-electron chi connectivity index (χ3n) is 3.28. The Bertz CT molecular complexity index is 579. The molecule has 18 heavy (non-hydrogen) atoms. The number of nitrogens with one attached hydrogen (secondary N) is 1. The number of nitrogens with two attached hydrogens (primary N) is 1. The number of aryl methyl sites for hydroxylation is 1. The number of nitrogens with zero attached hydrogens (tertiary/aromatic N) is 1. The summed E-state index contributed by atoms with van der Waals surface area (Å²) in [6.45, 7) is 6.00. The van der Waals surface area contributed by atoms with Crippen LogP contribution < -0.4 is 11.3 Å². The van der Waals surface area contributed by atoms with Gasteiger partial charge in [0, 0.05) is 12.5 Å². The minimum Gasteiger partial charge on any atom is -0.372 e. The van der Waals surface area contributed by atoms with Crippen molar-refractivity contribution in [3.05, 3.63) is 35.5 Å². The van der Waals surface area contributed by atoms with Crippen LogP contribution in [0.2, 0.25) is 0 Å². The van der Waals surface area contributed by atoms with E-state index in [9.17, 15) is 0 Å². The number of hydrazine groups is 1. The number of pyridine rings is 1. The molecule has 0 fully saturated rings. The summed E-state index contributed by atoms with van der Waals surface area (Å²) in [7, 11) is 1.67. The van der Waals surface area contributed by atoms with Gasteiger partial charge in [0.05, 0.1) is 16.9 Å². The number of fused-ring (bicyclic) bond motifs is 1. The molecule has 1 heterocycles. The lowest BCUT2D eigenvalue weighted by atomic mass is 10.00. The maximum atomic E-state index is 5.59. The number of hydrogen-bond donors (Lipinski definition) is 2. The van der Waals surface area contributed by atoms with E-state index in [1.807, 2.05) is 32.0 Å². The molecule has 0 unspecified atom stereocenters. The van der Waals surface area contributed by atoms with E-state index in [0.29, 0.717) is 0 Å². The highest BCUT2D eigenvalue weighted by Crippen LogP contribution is 2.31. The lowest BCUT2D eigenvalue weighted by Gasteiger charge is -2.25. The minimum atomic E-state index is -0.488. The molecule has 4 heteroatoms. The third kappa shape index (κ3) is 2.05. The van der Waals surface area contributed by atoms with E-state index in [1.54, 1.807) is 7.11 Å². The first kappa shape index (κ1) is 12.8. The molecule has 0 aliphatic rings. The van der Waals surface area contributed by atoms with Crippen molar-refractivity contribution in [3.8, 4) is 0 Å². The number of para-hydroxylation sites is 1. The van der Waals surface area contributed by atoms with Crippen LogP contribution in [0.25, 0.3) is 10.9 Å². The Morgan fingerprint density at radius 3 is 2.67 bits per heavy atom. The number of rotatable bonds is 3. The molecule has 3 N–H and O–H groups in total. The van der Waals surface area contributed by atoms with Crippen molar-refractivity contribution in [1.29, 1.82) is 0 Å². The fourth-order valence-electron chi connectivity index (χ4n) is 2.01. The number of methoxy groups -OCH3 is 1. The van der Waals surface area contributed by atoms with Gasteiger partial charge in [0.25, 0.3) is 0 Å². The van der Waals surface area contributed by atoms with Crippen LogP contribution in [0.15, 0.2) is 24.3 Å². The summed E-state index contributed by atoms with van der Waals surface area (Å²) in [4.78, 5) is 4.72. The summed E-state index contributed by atoms with van der Waals surface area (Å²) < 4.78 is 5.50. The molecule has 0 radical (unpaired) electrons. The predicted octanol–water partition coefficient (Wildman–Crippen LogP) is 2.71. The van der Waals surface area contributed by atoms with Gasteiger partial charge >= 0.3 is 0 Å². The van der Waals surface area contributed by atoms with Crippen LogP contribution >= 0.6 is 0 Å². The van der Waals surface area contributed by atoms with Crippen LogP contribution in [0.3, 0.4) is 0 Å². The molecular formula is C14H19N3O. The lowest BCUT2D eigenvalue weighted by molar-refractivity contribution is 0.0164. The molecule has 0 saturated heterocycles. The Morgan fingerprint density at radius 2 is 2.06 bits per heavy atom. The van der Waals surface area contributed by atoms with E-state index in [4.69, 9.17) is 15.6 Å². The van der Waals surface area contributed by atoms with Gasteiger partial charge in [-0.2, -0.15) is 0 Å². The molecule has 0 atom stereocenters. The molecule has 4 nitrogen and oxygen atoms in total. The molecular weight excluding hydrogens is 226 g/mol. The summed E-state index contributed by atoms with van der Waals surface area (Å²) in [6, 6.07) is 8.10. The number of anilines is 1.